The number of amides is 1. The van der Waals surface area contributed by atoms with Gasteiger partial charge in [-0.2, -0.15) is 0 Å². The highest BCUT2D eigenvalue weighted by molar-refractivity contribution is 6.76. The minimum atomic E-state index is -2.39. The van der Waals surface area contributed by atoms with Gasteiger partial charge in [0.05, 0.1) is 6.61 Å². The number of hydrogen-bond acceptors (Lipinski definition) is 7. The van der Waals surface area contributed by atoms with Crippen LogP contribution in [0.15, 0.2) is 0 Å². The SMILES string of the molecule is CC1(C)OC[C@@H](O)[C@H]([C@H](O)[C@@](N)(C=O)NC(=O)C(Cl)(Cl)Cl)O1. The Balaban J connectivity index is 2.97. The fraction of sp³-hybridized carbons (Fsp3) is 0.818. The van der Waals surface area contributed by atoms with Crippen LogP contribution in [-0.2, 0) is 19.1 Å². The molecule has 5 N–H and O–H groups in total. The standard InChI is InChI=1S/C11H17Cl3N2O6/c1-9(2)21-3-5(18)6(22-9)7(19)10(15,4-17)16-8(20)11(12,13)14/h4-7,18-19H,3,15H2,1-2H3,(H,16,20)/t5-,6-,7+,10-/m1/s1. The Morgan fingerprint density at radius 3 is 2.50 bits per heavy atom. The van der Waals surface area contributed by atoms with E-state index in [4.69, 9.17) is 50.0 Å². The van der Waals surface area contributed by atoms with E-state index in [1.165, 1.54) is 13.8 Å². The normalized spacial score (nSPS) is 29.3. The Morgan fingerprint density at radius 1 is 1.50 bits per heavy atom. The fourth-order valence-corrected chi connectivity index (χ4v) is 1.95. The molecule has 1 rings (SSSR count). The van der Waals surface area contributed by atoms with Crippen LogP contribution in [0.2, 0.25) is 0 Å². The van der Waals surface area contributed by atoms with Gasteiger partial charge in [0.25, 0.3) is 9.70 Å². The maximum atomic E-state index is 11.7. The number of carbonyl (C=O) groups is 2. The Hall–Kier alpha value is -0.190. The second kappa shape index (κ2) is 6.74. The first kappa shape index (κ1) is 19.9. The molecule has 1 amide bonds. The first-order valence-electron chi connectivity index (χ1n) is 6.15. The maximum absolute atomic E-state index is 11.7. The molecule has 0 saturated carbocycles. The molecule has 1 heterocycles. The van der Waals surface area contributed by atoms with Gasteiger partial charge in [-0.05, 0) is 13.8 Å². The summed E-state index contributed by atoms with van der Waals surface area (Å²) in [4.78, 5) is 22.9. The molecule has 0 aliphatic carbocycles. The molecule has 1 aliphatic rings. The van der Waals surface area contributed by atoms with Crippen LogP contribution in [0, 0.1) is 0 Å². The first-order chi connectivity index (χ1) is 9.82. The van der Waals surface area contributed by atoms with Gasteiger partial charge in [0.2, 0.25) is 0 Å². The zero-order valence-electron chi connectivity index (χ0n) is 11.8. The first-order valence-corrected chi connectivity index (χ1v) is 7.28. The number of aldehydes is 1. The molecule has 22 heavy (non-hydrogen) atoms. The number of hydrogen-bond donors (Lipinski definition) is 4. The van der Waals surface area contributed by atoms with Gasteiger partial charge in [0, 0.05) is 0 Å². The molecular formula is C11H17Cl3N2O6. The van der Waals surface area contributed by atoms with E-state index in [9.17, 15) is 19.8 Å². The zero-order chi connectivity index (χ0) is 17.3. The van der Waals surface area contributed by atoms with Crippen LogP contribution in [0.25, 0.3) is 0 Å². The van der Waals surface area contributed by atoms with Crippen LogP contribution < -0.4 is 11.1 Å². The second-order valence-corrected chi connectivity index (χ2v) is 7.59. The predicted molar refractivity (Wildman–Crippen MR) is 78.3 cm³/mol. The number of aliphatic hydroxyl groups excluding tert-OH is 2. The minimum absolute atomic E-state index is 0.0600. The third kappa shape index (κ3) is 4.65. The summed E-state index contributed by atoms with van der Waals surface area (Å²) in [5, 5.41) is 22.0. The number of nitrogens with one attached hydrogen (secondary N) is 1. The van der Waals surface area contributed by atoms with Crippen LogP contribution >= 0.6 is 34.8 Å². The monoisotopic (exact) mass is 378 g/mol. The Morgan fingerprint density at radius 2 is 2.05 bits per heavy atom. The van der Waals surface area contributed by atoms with Crippen molar-refractivity contribution in [2.24, 2.45) is 5.73 Å². The van der Waals surface area contributed by atoms with Crippen molar-refractivity contribution in [3.63, 3.8) is 0 Å². The lowest BCUT2D eigenvalue weighted by atomic mass is 9.95. The van der Waals surface area contributed by atoms with E-state index >= 15 is 0 Å². The van der Waals surface area contributed by atoms with Crippen molar-refractivity contribution < 1.29 is 29.3 Å². The number of carbonyl (C=O) groups excluding carboxylic acids is 2. The smallest absolute Gasteiger partial charge is 0.273 e. The quantitative estimate of drug-likeness (QED) is 0.286. The minimum Gasteiger partial charge on any atom is -0.388 e. The summed E-state index contributed by atoms with van der Waals surface area (Å²) in [6, 6.07) is 0. The number of alkyl halides is 3. The van der Waals surface area contributed by atoms with Crippen LogP contribution in [0.4, 0.5) is 0 Å². The molecule has 0 aromatic rings. The Labute approximate surface area is 141 Å². The molecule has 0 aromatic carbocycles. The molecule has 0 aromatic heterocycles. The van der Waals surface area contributed by atoms with Gasteiger partial charge in [-0.25, -0.2) is 0 Å². The van der Waals surface area contributed by atoms with Crippen molar-refractivity contribution in [1.82, 2.24) is 5.32 Å². The van der Waals surface area contributed by atoms with Crippen LogP contribution in [-0.4, -0.2) is 62.6 Å². The van der Waals surface area contributed by atoms with Gasteiger partial charge >= 0.3 is 0 Å². The number of aliphatic hydroxyl groups is 2. The lowest BCUT2D eigenvalue weighted by Gasteiger charge is -2.44. The topological polar surface area (TPSA) is 131 Å². The third-order valence-electron chi connectivity index (χ3n) is 2.98. The molecule has 1 fully saturated rings. The maximum Gasteiger partial charge on any atom is 0.273 e. The molecule has 0 radical (unpaired) electrons. The summed E-state index contributed by atoms with van der Waals surface area (Å²) >= 11 is 16.1. The summed E-state index contributed by atoms with van der Waals surface area (Å²) in [5.74, 6) is -2.35. The molecule has 0 spiro atoms. The van der Waals surface area contributed by atoms with Gasteiger partial charge in [0.15, 0.2) is 17.7 Å². The average molecular weight is 380 g/mol. The van der Waals surface area contributed by atoms with E-state index in [-0.39, 0.29) is 12.9 Å². The lowest BCUT2D eigenvalue weighted by Crippen LogP contribution is -2.72. The molecular weight excluding hydrogens is 362 g/mol. The van der Waals surface area contributed by atoms with Gasteiger partial charge in [-0.1, -0.05) is 34.8 Å². The highest BCUT2D eigenvalue weighted by Crippen LogP contribution is 2.29. The molecule has 128 valence electrons. The molecule has 11 heteroatoms. The molecule has 0 bridgehead atoms. The average Bonchev–Trinajstić information content (AvgIpc) is 2.39. The summed E-state index contributed by atoms with van der Waals surface area (Å²) in [6.07, 6.45) is -4.35. The summed E-state index contributed by atoms with van der Waals surface area (Å²) < 4.78 is 8.14. The number of halogens is 3. The zero-order valence-corrected chi connectivity index (χ0v) is 14.0. The van der Waals surface area contributed by atoms with Crippen molar-refractivity contribution in [3.8, 4) is 0 Å². The van der Waals surface area contributed by atoms with Crippen LogP contribution in [0.1, 0.15) is 13.8 Å². The fourth-order valence-electron chi connectivity index (χ4n) is 1.81. The van der Waals surface area contributed by atoms with Gasteiger partial charge in [0.1, 0.15) is 18.3 Å². The van der Waals surface area contributed by atoms with Crippen LogP contribution in [0.3, 0.4) is 0 Å². The van der Waals surface area contributed by atoms with Gasteiger partial charge in [-0.15, -0.1) is 0 Å². The molecule has 8 nitrogen and oxygen atoms in total. The predicted octanol–water partition coefficient (Wildman–Crippen LogP) is -0.800. The second-order valence-electron chi connectivity index (χ2n) is 5.31. The molecule has 1 aliphatic heterocycles. The lowest BCUT2D eigenvalue weighted by molar-refractivity contribution is -0.321. The number of nitrogens with two attached hydrogens (primary N) is 1. The summed E-state index contributed by atoms with van der Waals surface area (Å²) in [5.41, 5.74) is 3.33. The van der Waals surface area contributed by atoms with Crippen LogP contribution in [0.5, 0.6) is 0 Å². The third-order valence-corrected chi connectivity index (χ3v) is 3.50. The van der Waals surface area contributed by atoms with Crippen molar-refractivity contribution in [3.05, 3.63) is 0 Å². The van der Waals surface area contributed by atoms with Crippen molar-refractivity contribution in [1.29, 1.82) is 0 Å². The van der Waals surface area contributed by atoms with Gasteiger partial charge in [-0.3, -0.25) is 9.59 Å². The van der Waals surface area contributed by atoms with E-state index in [2.05, 4.69) is 0 Å². The van der Waals surface area contributed by atoms with Gasteiger partial charge < -0.3 is 30.7 Å². The van der Waals surface area contributed by atoms with E-state index in [0.29, 0.717) is 0 Å². The molecule has 4 atom stereocenters. The molecule has 0 unspecified atom stereocenters. The Kier molecular flexibility index (Phi) is 6.08. The highest BCUT2D eigenvalue weighted by Gasteiger charge is 2.49. The highest BCUT2D eigenvalue weighted by atomic mass is 35.6. The van der Waals surface area contributed by atoms with E-state index in [1.54, 1.807) is 0 Å². The Bertz CT molecular complexity index is 444. The van der Waals surface area contributed by atoms with E-state index in [1.807, 2.05) is 5.32 Å². The molecule has 1 saturated heterocycles. The van der Waals surface area contributed by atoms with E-state index in [0.717, 1.165) is 0 Å². The van der Waals surface area contributed by atoms with Crippen molar-refractivity contribution >= 4 is 47.0 Å². The largest absolute Gasteiger partial charge is 0.388 e. The number of ether oxygens (including phenoxy) is 2. The van der Waals surface area contributed by atoms with Crippen molar-refractivity contribution in [2.45, 2.75) is 47.4 Å². The number of rotatable bonds is 4. The van der Waals surface area contributed by atoms with Crippen molar-refractivity contribution in [2.75, 3.05) is 6.61 Å². The summed E-state index contributed by atoms with van der Waals surface area (Å²) in [7, 11) is 0. The summed E-state index contributed by atoms with van der Waals surface area (Å²) in [6.45, 7) is 2.91. The van der Waals surface area contributed by atoms with E-state index < -0.39 is 39.5 Å².